The first kappa shape index (κ1) is 14.3. The van der Waals surface area contributed by atoms with Crippen molar-refractivity contribution in [3.8, 4) is 0 Å². The number of para-hydroxylation sites is 1. The first-order chi connectivity index (χ1) is 9.04. The summed E-state index contributed by atoms with van der Waals surface area (Å²) in [4.78, 5) is 4.39. The molecule has 0 saturated carbocycles. The number of benzene rings is 1. The van der Waals surface area contributed by atoms with Gasteiger partial charge in [0.25, 0.3) is 0 Å². The van der Waals surface area contributed by atoms with E-state index in [0.29, 0.717) is 17.3 Å². The van der Waals surface area contributed by atoms with Crippen LogP contribution in [0, 0.1) is 5.82 Å². The number of anilines is 1. The molecule has 1 saturated heterocycles. The summed E-state index contributed by atoms with van der Waals surface area (Å²) in [6, 6.07) is 5.38. The summed E-state index contributed by atoms with van der Waals surface area (Å²) in [5, 5.41) is 9.83. The maximum atomic E-state index is 14.2. The Morgan fingerprint density at radius 1 is 1.42 bits per heavy atom. The molecule has 0 aromatic heterocycles. The average molecular weight is 266 g/mol. The van der Waals surface area contributed by atoms with Crippen molar-refractivity contribution in [3.63, 3.8) is 0 Å². The zero-order chi connectivity index (χ0) is 14.0. The van der Waals surface area contributed by atoms with Crippen LogP contribution in [0.3, 0.4) is 0 Å². The first-order valence-corrected chi connectivity index (χ1v) is 6.96. The molecule has 106 valence electrons. The summed E-state index contributed by atoms with van der Waals surface area (Å²) in [5.74, 6) is -0.238. The van der Waals surface area contributed by atoms with Crippen LogP contribution in [-0.2, 0) is 0 Å². The highest BCUT2D eigenvalue weighted by molar-refractivity contribution is 5.56. The van der Waals surface area contributed by atoms with Crippen LogP contribution >= 0.6 is 0 Å². The predicted molar refractivity (Wildman–Crippen MR) is 76.0 cm³/mol. The molecule has 0 amide bonds. The maximum Gasteiger partial charge on any atom is 0.146 e. The zero-order valence-corrected chi connectivity index (χ0v) is 11.9. The lowest BCUT2D eigenvalue weighted by molar-refractivity contribution is 0.195. The van der Waals surface area contributed by atoms with Crippen molar-refractivity contribution in [2.24, 2.45) is 0 Å². The number of aliphatic hydroxyl groups is 1. The molecule has 2 rings (SSSR count). The van der Waals surface area contributed by atoms with E-state index < -0.39 is 6.10 Å². The third-order valence-corrected chi connectivity index (χ3v) is 4.03. The fraction of sp³-hybridized carbons (Fsp3) is 0.600. The van der Waals surface area contributed by atoms with E-state index in [9.17, 15) is 9.50 Å². The van der Waals surface area contributed by atoms with Gasteiger partial charge >= 0.3 is 0 Å². The minimum Gasteiger partial charge on any atom is -0.389 e. The molecule has 1 fully saturated rings. The fourth-order valence-electron chi connectivity index (χ4n) is 2.79. The Hall–Kier alpha value is -1.13. The van der Waals surface area contributed by atoms with Crippen LogP contribution in [0.1, 0.15) is 31.9 Å². The molecule has 1 unspecified atom stereocenters. The van der Waals surface area contributed by atoms with Crippen molar-refractivity contribution in [2.75, 3.05) is 31.6 Å². The van der Waals surface area contributed by atoms with Crippen molar-refractivity contribution in [3.05, 3.63) is 29.6 Å². The summed E-state index contributed by atoms with van der Waals surface area (Å²) >= 11 is 0. The van der Waals surface area contributed by atoms with Gasteiger partial charge in [-0.1, -0.05) is 19.1 Å². The number of rotatable bonds is 3. The van der Waals surface area contributed by atoms with Crippen LogP contribution in [0.25, 0.3) is 0 Å². The van der Waals surface area contributed by atoms with Gasteiger partial charge in [-0.05, 0) is 26.5 Å². The quantitative estimate of drug-likeness (QED) is 0.910. The van der Waals surface area contributed by atoms with Crippen molar-refractivity contribution < 1.29 is 9.50 Å². The maximum absolute atomic E-state index is 14.2. The van der Waals surface area contributed by atoms with Gasteiger partial charge in [0.1, 0.15) is 5.82 Å². The van der Waals surface area contributed by atoms with Gasteiger partial charge in [0.2, 0.25) is 0 Å². The highest BCUT2D eigenvalue weighted by Crippen LogP contribution is 2.31. The second-order valence-corrected chi connectivity index (χ2v) is 5.34. The van der Waals surface area contributed by atoms with E-state index in [1.54, 1.807) is 13.0 Å². The molecule has 0 spiro atoms. The number of halogens is 1. The molecule has 0 aliphatic carbocycles. The second kappa shape index (κ2) is 5.88. The van der Waals surface area contributed by atoms with Gasteiger partial charge in [0.05, 0.1) is 11.8 Å². The Morgan fingerprint density at radius 2 is 2.16 bits per heavy atom. The molecular weight excluding hydrogens is 243 g/mol. The molecule has 3 nitrogen and oxygen atoms in total. The lowest BCUT2D eigenvalue weighted by Crippen LogP contribution is -2.51. The number of likely N-dealkylation sites (N-methyl/N-ethyl adjacent to an activating group) is 1. The molecule has 1 aliphatic rings. The normalized spacial score (nSPS) is 22.6. The average Bonchev–Trinajstić information content (AvgIpc) is 2.39. The molecule has 2 atom stereocenters. The van der Waals surface area contributed by atoms with E-state index in [4.69, 9.17) is 0 Å². The largest absolute Gasteiger partial charge is 0.389 e. The van der Waals surface area contributed by atoms with E-state index in [1.165, 1.54) is 6.07 Å². The Morgan fingerprint density at radius 3 is 2.79 bits per heavy atom. The number of hydrogen-bond acceptors (Lipinski definition) is 3. The third kappa shape index (κ3) is 2.90. The van der Waals surface area contributed by atoms with Crippen LogP contribution in [-0.4, -0.2) is 42.7 Å². The lowest BCUT2D eigenvalue weighted by Gasteiger charge is -2.41. The first-order valence-electron chi connectivity index (χ1n) is 6.96. The lowest BCUT2D eigenvalue weighted by atomic mass is 10.0. The highest BCUT2D eigenvalue weighted by atomic mass is 19.1. The molecule has 1 N–H and O–H groups in total. The molecule has 1 aromatic rings. The van der Waals surface area contributed by atoms with Crippen molar-refractivity contribution in [1.82, 2.24) is 4.90 Å². The summed E-state index contributed by atoms with van der Waals surface area (Å²) < 4.78 is 14.2. The smallest absolute Gasteiger partial charge is 0.146 e. The minimum atomic E-state index is -0.648. The van der Waals surface area contributed by atoms with Gasteiger partial charge in [0.15, 0.2) is 0 Å². The molecule has 1 aliphatic heterocycles. The van der Waals surface area contributed by atoms with Crippen LogP contribution in [0.2, 0.25) is 0 Å². The third-order valence-electron chi connectivity index (χ3n) is 4.03. The molecule has 1 heterocycles. The Balaban J connectivity index is 2.31. The van der Waals surface area contributed by atoms with Gasteiger partial charge in [-0.2, -0.15) is 0 Å². The molecule has 1 aromatic carbocycles. The molecule has 0 radical (unpaired) electrons. The summed E-state index contributed by atoms with van der Waals surface area (Å²) in [5.41, 5.74) is 1.25. The van der Waals surface area contributed by atoms with E-state index in [-0.39, 0.29) is 5.82 Å². The monoisotopic (exact) mass is 266 g/mol. The van der Waals surface area contributed by atoms with Crippen LogP contribution in [0.4, 0.5) is 10.1 Å². The molecule has 19 heavy (non-hydrogen) atoms. The van der Waals surface area contributed by atoms with E-state index in [1.807, 2.05) is 6.07 Å². The van der Waals surface area contributed by atoms with Crippen molar-refractivity contribution >= 4 is 5.69 Å². The van der Waals surface area contributed by atoms with E-state index in [0.717, 1.165) is 26.1 Å². The number of piperazine rings is 1. The van der Waals surface area contributed by atoms with Crippen molar-refractivity contribution in [1.29, 1.82) is 0 Å². The SMILES string of the molecule is CCC1CN(c2c(F)cccc2[C@H](C)O)CCN1C. The van der Waals surface area contributed by atoms with Gasteiger partial charge in [-0.15, -0.1) is 0 Å². The van der Waals surface area contributed by atoms with Gasteiger partial charge < -0.3 is 10.0 Å². The standard InChI is InChI=1S/C15H23FN2O/c1-4-12-10-18(9-8-17(12)3)15-13(11(2)19)6-5-7-14(15)16/h5-7,11-12,19H,4,8-10H2,1-3H3/t11-,12?/m0/s1. The highest BCUT2D eigenvalue weighted by Gasteiger charge is 2.26. The Bertz CT molecular complexity index is 436. The summed E-state index contributed by atoms with van der Waals surface area (Å²) in [7, 11) is 2.11. The topological polar surface area (TPSA) is 26.7 Å². The number of aliphatic hydroxyl groups excluding tert-OH is 1. The molecular formula is C15H23FN2O. The molecule has 0 bridgehead atoms. The number of nitrogens with zero attached hydrogens (tertiary/aromatic N) is 2. The van der Waals surface area contributed by atoms with Gasteiger partial charge in [-0.25, -0.2) is 4.39 Å². The van der Waals surface area contributed by atoms with Crippen molar-refractivity contribution in [2.45, 2.75) is 32.4 Å². The summed E-state index contributed by atoms with van der Waals surface area (Å²) in [6.45, 7) is 6.38. The van der Waals surface area contributed by atoms with Crippen LogP contribution in [0.5, 0.6) is 0 Å². The Labute approximate surface area is 114 Å². The number of hydrogen-bond donors (Lipinski definition) is 1. The fourth-order valence-corrected chi connectivity index (χ4v) is 2.79. The predicted octanol–water partition coefficient (Wildman–Crippen LogP) is 2.41. The van der Waals surface area contributed by atoms with Crippen LogP contribution in [0.15, 0.2) is 18.2 Å². The minimum absolute atomic E-state index is 0.238. The van der Waals surface area contributed by atoms with E-state index in [2.05, 4.69) is 23.8 Å². The Kier molecular flexibility index (Phi) is 4.42. The molecule has 4 heteroatoms. The van der Waals surface area contributed by atoms with Gasteiger partial charge in [-0.3, -0.25) is 4.90 Å². The summed E-state index contributed by atoms with van der Waals surface area (Å²) in [6.07, 6.45) is 0.399. The van der Waals surface area contributed by atoms with Gasteiger partial charge in [0, 0.05) is 31.2 Å². The zero-order valence-electron chi connectivity index (χ0n) is 11.9. The second-order valence-electron chi connectivity index (χ2n) is 5.34. The van der Waals surface area contributed by atoms with E-state index >= 15 is 0 Å². The van der Waals surface area contributed by atoms with Crippen LogP contribution < -0.4 is 4.90 Å².